The molecule has 0 atom stereocenters. The van der Waals surface area contributed by atoms with Crippen LogP contribution in [0.15, 0.2) is 72.8 Å². The van der Waals surface area contributed by atoms with E-state index in [0.717, 1.165) is 27.9 Å². The second-order valence-corrected chi connectivity index (χ2v) is 11.4. The normalized spacial score (nSPS) is 11.6. The fourth-order valence-corrected chi connectivity index (χ4v) is 5.78. The molecule has 0 saturated heterocycles. The van der Waals surface area contributed by atoms with Crippen molar-refractivity contribution in [3.05, 3.63) is 105 Å². The highest BCUT2D eigenvalue weighted by Crippen LogP contribution is 2.44. The van der Waals surface area contributed by atoms with Gasteiger partial charge in [0, 0.05) is 20.5 Å². The summed E-state index contributed by atoms with van der Waals surface area (Å²) in [7, 11) is 0. The molecule has 0 spiro atoms. The highest BCUT2D eigenvalue weighted by atomic mass is 127. The van der Waals surface area contributed by atoms with Crippen LogP contribution in [0.5, 0.6) is 0 Å². The summed E-state index contributed by atoms with van der Waals surface area (Å²) in [6, 6.07) is 25.0. The maximum atomic E-state index is 6.28. The van der Waals surface area contributed by atoms with E-state index in [1.165, 1.54) is 72.5 Å². The van der Waals surface area contributed by atoms with Gasteiger partial charge in [0.05, 0.1) is 0 Å². The molecule has 0 nitrogen and oxygen atoms in total. The van der Waals surface area contributed by atoms with E-state index in [0.29, 0.717) is 0 Å². The van der Waals surface area contributed by atoms with E-state index in [1.54, 1.807) is 0 Å². The standard InChI is InChI=1S/C30H34Cl3I/c31-27-16-10-24(11-17-27)30(25-12-18-28(32)19-13-25,26-14-20-29(33)21-15-26)22-8-6-4-2-1-3-5-7-9-23-34/h10-21H,1-9,22-23H2. The van der Waals surface area contributed by atoms with E-state index >= 15 is 0 Å². The average Bonchev–Trinajstić information content (AvgIpc) is 2.85. The average molecular weight is 628 g/mol. The predicted octanol–water partition coefficient (Wildman–Crippen LogP) is 11.3. The number of rotatable bonds is 14. The first-order chi connectivity index (χ1) is 16.6. The summed E-state index contributed by atoms with van der Waals surface area (Å²) in [6.45, 7) is 0. The molecule has 3 rings (SSSR count). The lowest BCUT2D eigenvalue weighted by Gasteiger charge is -2.36. The highest BCUT2D eigenvalue weighted by molar-refractivity contribution is 14.1. The van der Waals surface area contributed by atoms with Crippen molar-refractivity contribution < 1.29 is 0 Å². The quantitative estimate of drug-likeness (QED) is 0.0722. The summed E-state index contributed by atoms with van der Waals surface area (Å²) >= 11 is 21.3. The Hall–Kier alpha value is -0.740. The summed E-state index contributed by atoms with van der Waals surface area (Å²) in [6.07, 6.45) is 12.9. The lowest BCUT2D eigenvalue weighted by Crippen LogP contribution is -2.29. The van der Waals surface area contributed by atoms with E-state index in [2.05, 4.69) is 59.0 Å². The van der Waals surface area contributed by atoms with Gasteiger partial charge >= 0.3 is 0 Å². The van der Waals surface area contributed by atoms with E-state index in [9.17, 15) is 0 Å². The van der Waals surface area contributed by atoms with Crippen LogP contribution >= 0.6 is 57.4 Å². The van der Waals surface area contributed by atoms with Gasteiger partial charge in [-0.3, -0.25) is 0 Å². The van der Waals surface area contributed by atoms with Crippen molar-refractivity contribution in [2.75, 3.05) is 4.43 Å². The first-order valence-corrected chi connectivity index (χ1v) is 15.1. The summed E-state index contributed by atoms with van der Waals surface area (Å²) in [5.74, 6) is 0. The van der Waals surface area contributed by atoms with Gasteiger partial charge < -0.3 is 0 Å². The maximum Gasteiger partial charge on any atom is 0.0451 e. The van der Waals surface area contributed by atoms with Gasteiger partial charge in [-0.25, -0.2) is 0 Å². The third-order valence-corrected chi connectivity index (χ3v) is 8.22. The first kappa shape index (κ1) is 27.8. The van der Waals surface area contributed by atoms with Crippen molar-refractivity contribution in [1.82, 2.24) is 0 Å². The molecule has 34 heavy (non-hydrogen) atoms. The van der Waals surface area contributed by atoms with Crippen LogP contribution < -0.4 is 0 Å². The lowest BCUT2D eigenvalue weighted by atomic mass is 9.66. The van der Waals surface area contributed by atoms with Gasteiger partial charge in [-0.1, -0.05) is 145 Å². The molecular weight excluding hydrogens is 594 g/mol. The van der Waals surface area contributed by atoms with Crippen LogP contribution in [-0.4, -0.2) is 4.43 Å². The van der Waals surface area contributed by atoms with Gasteiger partial charge in [0.25, 0.3) is 0 Å². The molecule has 4 heteroatoms. The molecule has 3 aromatic rings. The largest absolute Gasteiger partial charge is 0.0864 e. The molecule has 0 aliphatic carbocycles. The fourth-order valence-electron chi connectivity index (χ4n) is 4.86. The van der Waals surface area contributed by atoms with Gasteiger partial charge in [0.15, 0.2) is 0 Å². The lowest BCUT2D eigenvalue weighted by molar-refractivity contribution is 0.494. The number of unbranched alkanes of at least 4 members (excludes halogenated alkanes) is 8. The molecule has 182 valence electrons. The van der Waals surface area contributed by atoms with Gasteiger partial charge in [-0.2, -0.15) is 0 Å². The molecule has 0 aliphatic heterocycles. The molecule has 0 radical (unpaired) electrons. The number of benzene rings is 3. The highest BCUT2D eigenvalue weighted by Gasteiger charge is 2.35. The SMILES string of the molecule is Clc1ccc(C(CCCCCCCCCCCI)(c2ccc(Cl)cc2)c2ccc(Cl)cc2)cc1. The number of hydrogen-bond donors (Lipinski definition) is 0. The van der Waals surface area contributed by atoms with E-state index in [4.69, 9.17) is 34.8 Å². The monoisotopic (exact) mass is 626 g/mol. The van der Waals surface area contributed by atoms with Crippen LogP contribution in [0.2, 0.25) is 15.1 Å². The Morgan fingerprint density at radius 3 is 1.06 bits per heavy atom. The summed E-state index contributed by atoms with van der Waals surface area (Å²) in [5.41, 5.74) is 3.46. The van der Waals surface area contributed by atoms with Crippen LogP contribution in [0.1, 0.15) is 80.9 Å². The minimum atomic E-state index is -0.279. The molecule has 3 aromatic carbocycles. The van der Waals surface area contributed by atoms with Gasteiger partial charge in [-0.05, 0) is 70.4 Å². The minimum absolute atomic E-state index is 0.279. The molecule has 0 amide bonds. The van der Waals surface area contributed by atoms with Crippen LogP contribution in [-0.2, 0) is 5.41 Å². The molecule has 0 fully saturated rings. The van der Waals surface area contributed by atoms with Crippen LogP contribution in [0.25, 0.3) is 0 Å². The molecule has 0 unspecified atom stereocenters. The third-order valence-electron chi connectivity index (χ3n) is 6.70. The van der Waals surface area contributed by atoms with Crippen molar-refractivity contribution in [1.29, 1.82) is 0 Å². The van der Waals surface area contributed by atoms with Crippen molar-refractivity contribution in [3.63, 3.8) is 0 Å². The van der Waals surface area contributed by atoms with Crippen LogP contribution in [0.3, 0.4) is 0 Å². The molecule has 0 aliphatic rings. The second-order valence-electron chi connectivity index (χ2n) is 9.05. The fraction of sp³-hybridized carbons (Fsp3) is 0.400. The number of alkyl halides is 1. The van der Waals surface area contributed by atoms with E-state index < -0.39 is 0 Å². The van der Waals surface area contributed by atoms with Crippen molar-refractivity contribution in [3.8, 4) is 0 Å². The molecule has 0 bridgehead atoms. The predicted molar refractivity (Wildman–Crippen MR) is 159 cm³/mol. The number of hydrogen-bond acceptors (Lipinski definition) is 0. The summed E-state index contributed by atoms with van der Waals surface area (Å²) < 4.78 is 1.29. The first-order valence-electron chi connectivity index (χ1n) is 12.4. The van der Waals surface area contributed by atoms with Crippen LogP contribution in [0, 0.1) is 0 Å². The zero-order valence-corrected chi connectivity index (χ0v) is 24.1. The third kappa shape index (κ3) is 7.88. The zero-order valence-electron chi connectivity index (χ0n) is 19.7. The Bertz CT molecular complexity index is 855. The Kier molecular flexibility index (Phi) is 12.1. The molecule has 0 aromatic heterocycles. The van der Waals surface area contributed by atoms with Gasteiger partial charge in [0.2, 0.25) is 0 Å². The maximum absolute atomic E-state index is 6.28. The number of halogens is 4. The van der Waals surface area contributed by atoms with Crippen molar-refractivity contribution in [2.45, 2.75) is 69.6 Å². The Morgan fingerprint density at radius 2 is 0.735 bits per heavy atom. The Labute approximate surface area is 234 Å². The van der Waals surface area contributed by atoms with Gasteiger partial charge in [0.1, 0.15) is 0 Å². The molecule has 0 N–H and O–H groups in total. The zero-order chi connectivity index (χ0) is 24.2. The Morgan fingerprint density at radius 1 is 0.441 bits per heavy atom. The molecule has 0 heterocycles. The second kappa shape index (κ2) is 14.7. The summed E-state index contributed by atoms with van der Waals surface area (Å²) in [5, 5.41) is 2.26. The minimum Gasteiger partial charge on any atom is -0.0864 e. The van der Waals surface area contributed by atoms with E-state index in [-0.39, 0.29) is 5.41 Å². The topological polar surface area (TPSA) is 0 Å². The van der Waals surface area contributed by atoms with Crippen LogP contribution in [0.4, 0.5) is 0 Å². The van der Waals surface area contributed by atoms with Crippen molar-refractivity contribution >= 4 is 57.4 Å². The molecule has 0 saturated carbocycles. The summed E-state index contributed by atoms with van der Waals surface area (Å²) in [4.78, 5) is 0. The van der Waals surface area contributed by atoms with Crippen molar-refractivity contribution in [2.24, 2.45) is 0 Å². The molecular formula is C30H34Cl3I. The van der Waals surface area contributed by atoms with Gasteiger partial charge in [-0.15, -0.1) is 0 Å². The smallest absolute Gasteiger partial charge is 0.0451 e. The van der Waals surface area contributed by atoms with E-state index in [1.807, 2.05) is 36.4 Å². The Balaban J connectivity index is 1.80.